The van der Waals surface area contributed by atoms with Gasteiger partial charge in [0.25, 0.3) is 0 Å². The van der Waals surface area contributed by atoms with Crippen LogP contribution in [0.1, 0.15) is 219 Å². The number of aliphatic hydroxyl groups excluding tert-OH is 2. The fraction of sp³-hybridized carbons (Fsp3) is 0.578. The fourth-order valence-corrected chi connectivity index (χ4v) is 7.30. The summed E-state index contributed by atoms with van der Waals surface area (Å²) in [5, 5.41) is 23.0. The van der Waals surface area contributed by atoms with Crippen LogP contribution in [0.4, 0.5) is 0 Å². The van der Waals surface area contributed by atoms with Crippen molar-refractivity contribution >= 4 is 5.91 Å². The van der Waals surface area contributed by atoms with Crippen molar-refractivity contribution in [2.45, 2.75) is 231 Å². The average Bonchev–Trinajstić information content (AvgIpc) is 3.34. The second kappa shape index (κ2) is 57.3. The minimum Gasteiger partial charge on any atom is -0.394 e. The molecule has 1 amide bonds. The number of hydrogen-bond donors (Lipinski definition) is 3. The highest BCUT2D eigenvalue weighted by Crippen LogP contribution is 2.13. The lowest BCUT2D eigenvalue weighted by atomic mass is 10.0. The predicted octanol–water partition coefficient (Wildman–Crippen LogP) is 18.6. The lowest BCUT2D eigenvalue weighted by Crippen LogP contribution is -2.45. The average molecular weight is 935 g/mol. The maximum Gasteiger partial charge on any atom is 0.220 e. The van der Waals surface area contributed by atoms with E-state index in [1.165, 1.54) is 89.9 Å². The third-order valence-corrected chi connectivity index (χ3v) is 11.5. The standard InChI is InChI=1S/C64H103NO3/c1-3-5-7-9-11-13-15-17-19-20-21-22-23-24-25-26-27-28-29-30-31-32-33-34-35-36-37-38-39-40-41-42-43-44-46-48-50-52-54-56-58-60-64(68)65-62(61-66)63(67)59-57-55-53-51-49-47-45-18-16-14-12-10-8-6-4-2/h5,7,11,13,16-19,21-22,24-25,27-28,30-31,33-34,36-37,39-40,49,51,57,59,62-63,66-67H,3-4,6,8-10,12,14-15,20,23,26,29,32,35,38,41-48,50,52-56,58,60-61H2,1-2H3,(H,65,68)/b7-5-,13-11-,18-16+,19-17-,22-21-,25-24-,28-27-,31-30-,34-33-,37-36-,40-39-,51-49+,59-57+. The van der Waals surface area contributed by atoms with Crippen LogP contribution in [-0.4, -0.2) is 34.9 Å². The van der Waals surface area contributed by atoms with E-state index in [9.17, 15) is 15.0 Å². The van der Waals surface area contributed by atoms with E-state index in [4.69, 9.17) is 0 Å². The van der Waals surface area contributed by atoms with Gasteiger partial charge in [-0.1, -0.05) is 249 Å². The maximum atomic E-state index is 12.4. The van der Waals surface area contributed by atoms with Gasteiger partial charge in [0.1, 0.15) is 0 Å². The van der Waals surface area contributed by atoms with Crippen LogP contribution in [0.5, 0.6) is 0 Å². The molecule has 0 aliphatic rings. The molecule has 2 atom stereocenters. The Morgan fingerprint density at radius 3 is 1.03 bits per heavy atom. The molecule has 0 spiro atoms. The first-order chi connectivity index (χ1) is 33.7. The molecule has 2 unspecified atom stereocenters. The lowest BCUT2D eigenvalue weighted by Gasteiger charge is -2.19. The van der Waals surface area contributed by atoms with Crippen LogP contribution in [0.3, 0.4) is 0 Å². The fourth-order valence-electron chi connectivity index (χ4n) is 7.30. The highest BCUT2D eigenvalue weighted by molar-refractivity contribution is 5.76. The van der Waals surface area contributed by atoms with E-state index in [-0.39, 0.29) is 12.5 Å². The Kier molecular flexibility index (Phi) is 54.0. The summed E-state index contributed by atoms with van der Waals surface area (Å²) < 4.78 is 0. The molecule has 4 nitrogen and oxygen atoms in total. The topological polar surface area (TPSA) is 69.6 Å². The third-order valence-electron chi connectivity index (χ3n) is 11.5. The molecule has 0 aliphatic carbocycles. The quantitative estimate of drug-likeness (QED) is 0.0421. The van der Waals surface area contributed by atoms with Crippen molar-refractivity contribution in [3.8, 4) is 0 Å². The predicted molar refractivity (Wildman–Crippen MR) is 303 cm³/mol. The Bertz CT molecular complexity index is 1480. The van der Waals surface area contributed by atoms with Crippen molar-refractivity contribution in [1.29, 1.82) is 0 Å². The minimum atomic E-state index is -0.882. The summed E-state index contributed by atoms with van der Waals surface area (Å²) in [5.74, 6) is -0.0903. The van der Waals surface area contributed by atoms with Gasteiger partial charge in [0.2, 0.25) is 5.91 Å². The molecular weight excluding hydrogens is 831 g/mol. The van der Waals surface area contributed by atoms with E-state index in [0.717, 1.165) is 109 Å². The smallest absolute Gasteiger partial charge is 0.220 e. The Hall–Kier alpha value is -3.99. The molecule has 68 heavy (non-hydrogen) atoms. The van der Waals surface area contributed by atoms with Crippen molar-refractivity contribution in [2.24, 2.45) is 0 Å². The summed E-state index contributed by atoms with van der Waals surface area (Å²) in [6.07, 6.45) is 92.5. The van der Waals surface area contributed by atoms with Gasteiger partial charge >= 0.3 is 0 Å². The molecule has 4 heteroatoms. The van der Waals surface area contributed by atoms with Gasteiger partial charge in [-0.3, -0.25) is 4.79 Å². The summed E-state index contributed by atoms with van der Waals surface area (Å²) in [6, 6.07) is -0.658. The Morgan fingerprint density at radius 2 is 0.662 bits per heavy atom. The Labute approximate surface area is 420 Å². The SMILES string of the molecule is CC/C=C\C/C=C\C/C=C\C/C=C\C/C=C\C/C=C\C/C=C\C/C=C\C/C=C\C/C=C\CCCCCCCCCCCCC(=O)NC(CO)C(O)/C=C/CC/C=C/CC/C=C/CCCCCCC. The van der Waals surface area contributed by atoms with E-state index < -0.39 is 12.1 Å². The third kappa shape index (κ3) is 53.0. The molecule has 0 saturated carbocycles. The molecule has 0 aliphatic heterocycles. The molecule has 0 radical (unpaired) electrons. The van der Waals surface area contributed by atoms with Crippen LogP contribution >= 0.6 is 0 Å². The number of carbonyl (C=O) groups is 1. The number of rotatable bonds is 48. The number of amides is 1. The summed E-state index contributed by atoms with van der Waals surface area (Å²) in [4.78, 5) is 12.4. The van der Waals surface area contributed by atoms with Crippen LogP contribution in [-0.2, 0) is 4.79 Å². The van der Waals surface area contributed by atoms with Gasteiger partial charge < -0.3 is 15.5 Å². The number of nitrogens with one attached hydrogen (secondary N) is 1. The number of allylic oxidation sites excluding steroid dienone is 25. The largest absolute Gasteiger partial charge is 0.394 e. The van der Waals surface area contributed by atoms with Crippen molar-refractivity contribution in [3.05, 3.63) is 158 Å². The maximum absolute atomic E-state index is 12.4. The zero-order valence-electron chi connectivity index (χ0n) is 43.8. The van der Waals surface area contributed by atoms with Crippen LogP contribution in [0, 0.1) is 0 Å². The van der Waals surface area contributed by atoms with E-state index >= 15 is 0 Å². The highest BCUT2D eigenvalue weighted by Gasteiger charge is 2.17. The minimum absolute atomic E-state index is 0.0903. The Balaban J connectivity index is 3.65. The van der Waals surface area contributed by atoms with Gasteiger partial charge in [0.15, 0.2) is 0 Å². The zero-order valence-corrected chi connectivity index (χ0v) is 43.8. The van der Waals surface area contributed by atoms with Crippen LogP contribution in [0.15, 0.2) is 158 Å². The molecular formula is C64H103NO3. The summed E-state index contributed by atoms with van der Waals surface area (Å²) in [6.45, 7) is 4.15. The van der Waals surface area contributed by atoms with Crippen LogP contribution in [0.25, 0.3) is 0 Å². The van der Waals surface area contributed by atoms with Crippen molar-refractivity contribution in [1.82, 2.24) is 5.32 Å². The van der Waals surface area contributed by atoms with E-state index in [1.54, 1.807) is 6.08 Å². The summed E-state index contributed by atoms with van der Waals surface area (Å²) >= 11 is 0. The molecule has 0 saturated heterocycles. The first kappa shape index (κ1) is 64.0. The van der Waals surface area contributed by atoms with Crippen LogP contribution in [0.2, 0.25) is 0 Å². The van der Waals surface area contributed by atoms with Gasteiger partial charge in [-0.15, -0.1) is 0 Å². The first-order valence-electron chi connectivity index (χ1n) is 27.7. The van der Waals surface area contributed by atoms with Crippen LogP contribution < -0.4 is 5.32 Å². The lowest BCUT2D eigenvalue weighted by molar-refractivity contribution is -0.123. The molecule has 382 valence electrons. The number of unbranched alkanes of at least 4 members (excludes halogenated alkanes) is 17. The second-order valence-corrected chi connectivity index (χ2v) is 17.9. The molecule has 0 rings (SSSR count). The highest BCUT2D eigenvalue weighted by atomic mass is 16.3. The van der Waals surface area contributed by atoms with Crippen molar-refractivity contribution in [2.75, 3.05) is 6.61 Å². The monoisotopic (exact) mass is 934 g/mol. The first-order valence-corrected chi connectivity index (χ1v) is 27.7. The summed E-state index contributed by atoms with van der Waals surface area (Å²) in [5.41, 5.74) is 0. The van der Waals surface area contributed by atoms with E-state index in [1.807, 2.05) is 6.08 Å². The van der Waals surface area contributed by atoms with Gasteiger partial charge in [-0.25, -0.2) is 0 Å². The molecule has 0 aromatic carbocycles. The van der Waals surface area contributed by atoms with Gasteiger partial charge in [-0.2, -0.15) is 0 Å². The normalized spacial score (nSPS) is 14.1. The van der Waals surface area contributed by atoms with Gasteiger partial charge in [0, 0.05) is 6.42 Å². The molecule has 0 aromatic heterocycles. The van der Waals surface area contributed by atoms with Gasteiger partial charge in [0.05, 0.1) is 18.8 Å². The number of carbonyl (C=O) groups excluding carboxylic acids is 1. The number of hydrogen-bond acceptors (Lipinski definition) is 3. The molecule has 0 heterocycles. The van der Waals surface area contributed by atoms with Crippen molar-refractivity contribution < 1.29 is 15.0 Å². The molecule has 3 N–H and O–H groups in total. The van der Waals surface area contributed by atoms with Gasteiger partial charge in [-0.05, 0) is 122 Å². The van der Waals surface area contributed by atoms with E-state index in [2.05, 4.69) is 165 Å². The van der Waals surface area contributed by atoms with E-state index in [0.29, 0.717) is 6.42 Å². The molecule has 0 aromatic rings. The second-order valence-electron chi connectivity index (χ2n) is 17.9. The number of aliphatic hydroxyl groups is 2. The molecule has 0 bridgehead atoms. The zero-order chi connectivity index (χ0) is 49.2. The molecule has 0 fully saturated rings. The Morgan fingerprint density at radius 1 is 0.368 bits per heavy atom. The van der Waals surface area contributed by atoms with Crippen molar-refractivity contribution in [3.63, 3.8) is 0 Å². The summed E-state index contributed by atoms with van der Waals surface area (Å²) in [7, 11) is 0.